The summed E-state index contributed by atoms with van der Waals surface area (Å²) in [5.41, 5.74) is 1.61. The maximum Gasteiger partial charge on any atom is 0.405 e. The lowest BCUT2D eigenvalue weighted by Crippen LogP contribution is -2.22. The largest absolute Gasteiger partial charge is 0.405 e. The Kier molecular flexibility index (Phi) is 5.05. The number of alkyl halides is 3. The molecule has 0 spiro atoms. The Bertz CT molecular complexity index is 860. The van der Waals surface area contributed by atoms with E-state index in [-0.39, 0.29) is 17.1 Å². The highest BCUT2D eigenvalue weighted by atomic mass is 32.1. The van der Waals surface area contributed by atoms with Crippen LogP contribution in [0.1, 0.15) is 10.5 Å². The van der Waals surface area contributed by atoms with Crippen LogP contribution >= 0.6 is 22.7 Å². The van der Waals surface area contributed by atoms with Gasteiger partial charge in [0, 0.05) is 16.3 Å². The number of aromatic nitrogens is 1. The number of anilines is 2. The topological polar surface area (TPSA) is 54.0 Å². The van der Waals surface area contributed by atoms with Crippen molar-refractivity contribution in [1.29, 1.82) is 0 Å². The molecule has 25 heavy (non-hydrogen) atoms. The Labute approximate surface area is 149 Å². The van der Waals surface area contributed by atoms with E-state index >= 15 is 0 Å². The molecule has 2 heterocycles. The first-order chi connectivity index (χ1) is 11.9. The normalized spacial score (nSPS) is 11.3. The summed E-state index contributed by atoms with van der Waals surface area (Å²) in [6, 6.07) is 8.13. The zero-order chi connectivity index (χ0) is 17.9. The van der Waals surface area contributed by atoms with Crippen LogP contribution in [0.5, 0.6) is 0 Å². The zero-order valence-corrected chi connectivity index (χ0v) is 14.3. The van der Waals surface area contributed by atoms with Crippen molar-refractivity contribution in [1.82, 2.24) is 4.98 Å². The molecule has 3 rings (SSSR count). The number of benzene rings is 1. The van der Waals surface area contributed by atoms with E-state index in [1.54, 1.807) is 17.5 Å². The molecule has 3 aromatic rings. The molecule has 2 N–H and O–H groups in total. The lowest BCUT2D eigenvalue weighted by atomic mass is 10.2. The van der Waals surface area contributed by atoms with E-state index in [0.717, 1.165) is 10.6 Å². The molecule has 0 bridgehead atoms. The number of thiophene rings is 1. The smallest absolute Gasteiger partial charge is 0.375 e. The van der Waals surface area contributed by atoms with Crippen molar-refractivity contribution in [3.63, 3.8) is 0 Å². The second-order valence-corrected chi connectivity index (χ2v) is 6.66. The van der Waals surface area contributed by atoms with Crippen LogP contribution in [-0.4, -0.2) is 23.6 Å². The summed E-state index contributed by atoms with van der Waals surface area (Å²) in [5.74, 6) is -0.473. The van der Waals surface area contributed by atoms with Gasteiger partial charge >= 0.3 is 6.18 Å². The zero-order valence-electron chi connectivity index (χ0n) is 12.6. The molecule has 4 nitrogen and oxygen atoms in total. The van der Waals surface area contributed by atoms with Gasteiger partial charge in [0.25, 0.3) is 5.91 Å². The van der Waals surface area contributed by atoms with Crippen molar-refractivity contribution < 1.29 is 18.0 Å². The molecule has 0 saturated heterocycles. The number of hydrogen-bond donors (Lipinski definition) is 2. The van der Waals surface area contributed by atoms with Crippen molar-refractivity contribution in [2.24, 2.45) is 0 Å². The highest BCUT2D eigenvalue weighted by molar-refractivity contribution is 7.14. The highest BCUT2D eigenvalue weighted by Crippen LogP contribution is 2.27. The van der Waals surface area contributed by atoms with Crippen LogP contribution < -0.4 is 10.6 Å². The van der Waals surface area contributed by atoms with Crippen molar-refractivity contribution in [3.8, 4) is 10.6 Å². The molecule has 130 valence electrons. The maximum absolute atomic E-state index is 12.4. The summed E-state index contributed by atoms with van der Waals surface area (Å²) in [7, 11) is 0. The number of carbonyl (C=O) groups is 1. The Morgan fingerprint density at radius 2 is 1.88 bits per heavy atom. The fourth-order valence-corrected chi connectivity index (χ4v) is 3.54. The summed E-state index contributed by atoms with van der Waals surface area (Å²) in [6.07, 6.45) is -4.35. The maximum atomic E-state index is 12.4. The van der Waals surface area contributed by atoms with E-state index in [2.05, 4.69) is 15.6 Å². The third-order valence-electron chi connectivity index (χ3n) is 3.16. The third kappa shape index (κ3) is 4.58. The minimum atomic E-state index is -4.35. The molecular weight excluding hydrogens is 371 g/mol. The number of nitrogens with zero attached hydrogens (tertiary/aromatic N) is 1. The highest BCUT2D eigenvalue weighted by Gasteiger charge is 2.27. The molecule has 2 aromatic heterocycles. The quantitative estimate of drug-likeness (QED) is 0.645. The van der Waals surface area contributed by atoms with Gasteiger partial charge in [0.2, 0.25) is 0 Å². The first-order valence-corrected chi connectivity index (χ1v) is 8.94. The van der Waals surface area contributed by atoms with Gasteiger partial charge in [-0.2, -0.15) is 24.5 Å². The van der Waals surface area contributed by atoms with Crippen molar-refractivity contribution in [2.45, 2.75) is 6.18 Å². The van der Waals surface area contributed by atoms with E-state index in [1.165, 1.54) is 34.8 Å². The number of para-hydroxylation sites is 2. The van der Waals surface area contributed by atoms with Gasteiger partial charge in [-0.05, 0) is 23.6 Å². The molecule has 0 unspecified atom stereocenters. The predicted octanol–water partition coefficient (Wildman–Crippen LogP) is 5.10. The second kappa shape index (κ2) is 7.24. The number of thiazole rings is 1. The lowest BCUT2D eigenvalue weighted by molar-refractivity contribution is -0.115. The van der Waals surface area contributed by atoms with Crippen molar-refractivity contribution in [2.75, 3.05) is 17.2 Å². The summed E-state index contributed by atoms with van der Waals surface area (Å²) in [5, 5.41) is 11.1. The van der Waals surface area contributed by atoms with E-state index < -0.39 is 18.6 Å². The Balaban J connectivity index is 1.73. The standard InChI is InChI=1S/C16H12F3N3OS2/c17-16(18,19)9-20-11-3-1-2-4-12(11)21-14(23)13-8-25-15(22-13)10-5-6-24-7-10/h1-8,20H,9H2,(H,21,23). The number of carbonyl (C=O) groups excluding carboxylic acids is 1. The molecule has 1 amide bonds. The van der Waals surface area contributed by atoms with E-state index in [9.17, 15) is 18.0 Å². The van der Waals surface area contributed by atoms with Crippen LogP contribution in [0, 0.1) is 0 Å². The second-order valence-electron chi connectivity index (χ2n) is 5.02. The SMILES string of the molecule is O=C(Nc1ccccc1NCC(F)(F)F)c1csc(-c2ccsc2)n1. The molecule has 0 atom stereocenters. The van der Waals surface area contributed by atoms with Crippen LogP contribution in [0.15, 0.2) is 46.5 Å². The fraction of sp³-hybridized carbons (Fsp3) is 0.125. The van der Waals surface area contributed by atoms with Gasteiger partial charge in [-0.25, -0.2) is 4.98 Å². The van der Waals surface area contributed by atoms with Gasteiger partial charge in [-0.15, -0.1) is 11.3 Å². The van der Waals surface area contributed by atoms with Crippen molar-refractivity contribution >= 4 is 40.0 Å². The molecule has 0 saturated carbocycles. The molecule has 0 fully saturated rings. The third-order valence-corrected chi connectivity index (χ3v) is 4.73. The summed E-state index contributed by atoms with van der Waals surface area (Å²) < 4.78 is 37.1. The number of rotatable bonds is 5. The van der Waals surface area contributed by atoms with Crippen LogP contribution in [0.25, 0.3) is 10.6 Å². The van der Waals surface area contributed by atoms with Crippen LogP contribution in [0.2, 0.25) is 0 Å². The molecule has 0 aliphatic rings. The van der Waals surface area contributed by atoms with Gasteiger partial charge in [-0.1, -0.05) is 12.1 Å². The average molecular weight is 383 g/mol. The average Bonchev–Trinajstić information content (AvgIpc) is 3.24. The monoisotopic (exact) mass is 383 g/mol. The minimum absolute atomic E-state index is 0.196. The first-order valence-electron chi connectivity index (χ1n) is 7.11. The number of halogens is 3. The van der Waals surface area contributed by atoms with Crippen LogP contribution in [-0.2, 0) is 0 Å². The van der Waals surface area contributed by atoms with Gasteiger partial charge in [0.1, 0.15) is 17.2 Å². The minimum Gasteiger partial charge on any atom is -0.375 e. The van der Waals surface area contributed by atoms with Gasteiger partial charge in [0.05, 0.1) is 11.4 Å². The molecule has 0 aliphatic carbocycles. The van der Waals surface area contributed by atoms with Crippen LogP contribution in [0.3, 0.4) is 0 Å². The molecular formula is C16H12F3N3OS2. The van der Waals surface area contributed by atoms with E-state index in [4.69, 9.17) is 0 Å². The van der Waals surface area contributed by atoms with E-state index in [0.29, 0.717) is 0 Å². The van der Waals surface area contributed by atoms with Crippen LogP contribution in [0.4, 0.5) is 24.5 Å². The molecule has 1 aromatic carbocycles. The van der Waals surface area contributed by atoms with E-state index in [1.807, 2.05) is 16.8 Å². The number of hydrogen-bond acceptors (Lipinski definition) is 5. The molecule has 0 aliphatic heterocycles. The summed E-state index contributed by atoms with van der Waals surface area (Å²) in [4.78, 5) is 16.6. The van der Waals surface area contributed by atoms with Crippen molar-refractivity contribution in [3.05, 3.63) is 52.2 Å². The van der Waals surface area contributed by atoms with Gasteiger partial charge in [-0.3, -0.25) is 4.79 Å². The predicted molar refractivity (Wildman–Crippen MR) is 94.4 cm³/mol. The van der Waals surface area contributed by atoms with Gasteiger partial charge < -0.3 is 10.6 Å². The summed E-state index contributed by atoms with van der Waals surface area (Å²) >= 11 is 2.86. The molecule has 0 radical (unpaired) electrons. The Hall–Kier alpha value is -2.39. The van der Waals surface area contributed by atoms with Gasteiger partial charge in [0.15, 0.2) is 0 Å². The number of amides is 1. The fourth-order valence-electron chi connectivity index (χ4n) is 2.02. The first kappa shape index (κ1) is 17.4. The Morgan fingerprint density at radius 3 is 2.56 bits per heavy atom. The molecule has 9 heteroatoms. The lowest BCUT2D eigenvalue weighted by Gasteiger charge is -2.13. The summed E-state index contributed by atoms with van der Waals surface area (Å²) in [6.45, 7) is -1.18. The number of nitrogens with one attached hydrogen (secondary N) is 2. The Morgan fingerprint density at radius 1 is 1.12 bits per heavy atom.